The molecule has 0 saturated carbocycles. The number of amides is 1. The lowest BCUT2D eigenvalue weighted by molar-refractivity contribution is -0.139. The van der Waals surface area contributed by atoms with Crippen molar-refractivity contribution in [1.82, 2.24) is 5.32 Å². The largest absolute Gasteiger partial charge is 0.480 e. The molecule has 0 aliphatic heterocycles. The number of carbonyl (C=O) groups is 2. The third-order valence-electron chi connectivity index (χ3n) is 4.20. The first kappa shape index (κ1) is 16.7. The van der Waals surface area contributed by atoms with Gasteiger partial charge in [0.15, 0.2) is 0 Å². The standard InChI is InChI=1S/C21H19NO3/c1-14-9-11-15(12-10-14)13-19(21(24)25)22-20(23)18-8-4-6-16-5-2-3-7-17(16)18/h2-12,19H,13H2,1H3,(H,22,23)(H,24,25)/t19-/m0/s1. The second kappa shape index (κ2) is 7.18. The Morgan fingerprint density at radius 2 is 1.64 bits per heavy atom. The first-order valence-corrected chi connectivity index (χ1v) is 8.11. The maximum Gasteiger partial charge on any atom is 0.326 e. The summed E-state index contributed by atoms with van der Waals surface area (Å²) in [4.78, 5) is 24.2. The molecule has 0 spiro atoms. The van der Waals surface area contributed by atoms with Gasteiger partial charge in [0.05, 0.1) is 0 Å². The maximum absolute atomic E-state index is 12.6. The minimum absolute atomic E-state index is 0.242. The number of carboxylic acid groups (broad SMARTS) is 1. The van der Waals surface area contributed by atoms with Crippen LogP contribution in [0.1, 0.15) is 21.5 Å². The minimum atomic E-state index is -1.05. The van der Waals surface area contributed by atoms with Crippen molar-refractivity contribution >= 4 is 22.6 Å². The van der Waals surface area contributed by atoms with Crippen LogP contribution in [0.4, 0.5) is 0 Å². The van der Waals surface area contributed by atoms with E-state index in [9.17, 15) is 14.7 Å². The van der Waals surface area contributed by atoms with E-state index in [-0.39, 0.29) is 12.3 Å². The molecule has 4 nitrogen and oxygen atoms in total. The third kappa shape index (κ3) is 3.86. The number of hydrogen-bond donors (Lipinski definition) is 2. The Labute approximate surface area is 146 Å². The number of hydrogen-bond acceptors (Lipinski definition) is 2. The second-order valence-electron chi connectivity index (χ2n) is 6.08. The van der Waals surface area contributed by atoms with Gasteiger partial charge in [0.25, 0.3) is 5.91 Å². The van der Waals surface area contributed by atoms with Gasteiger partial charge in [-0.1, -0.05) is 66.2 Å². The molecule has 0 radical (unpaired) electrons. The van der Waals surface area contributed by atoms with Crippen molar-refractivity contribution in [2.75, 3.05) is 0 Å². The van der Waals surface area contributed by atoms with E-state index in [4.69, 9.17) is 0 Å². The molecule has 3 aromatic rings. The fourth-order valence-corrected chi connectivity index (χ4v) is 2.82. The third-order valence-corrected chi connectivity index (χ3v) is 4.20. The molecule has 2 N–H and O–H groups in total. The fourth-order valence-electron chi connectivity index (χ4n) is 2.82. The zero-order valence-electron chi connectivity index (χ0n) is 13.9. The highest BCUT2D eigenvalue weighted by Crippen LogP contribution is 2.18. The molecule has 1 amide bonds. The number of benzene rings is 3. The van der Waals surface area contributed by atoms with Crippen LogP contribution in [-0.2, 0) is 11.2 Å². The quantitative estimate of drug-likeness (QED) is 0.750. The van der Waals surface area contributed by atoms with Crippen LogP contribution >= 0.6 is 0 Å². The molecular weight excluding hydrogens is 314 g/mol. The number of aliphatic carboxylic acids is 1. The van der Waals surface area contributed by atoms with Gasteiger partial charge in [0.2, 0.25) is 0 Å². The number of fused-ring (bicyclic) bond motifs is 1. The molecule has 126 valence electrons. The first-order chi connectivity index (χ1) is 12.0. The summed E-state index contributed by atoms with van der Waals surface area (Å²) in [5.74, 6) is -1.43. The van der Waals surface area contributed by atoms with E-state index in [0.717, 1.165) is 21.9 Å². The van der Waals surface area contributed by atoms with Crippen molar-refractivity contribution in [2.24, 2.45) is 0 Å². The number of nitrogens with one attached hydrogen (secondary N) is 1. The van der Waals surface area contributed by atoms with E-state index in [0.29, 0.717) is 5.56 Å². The van der Waals surface area contributed by atoms with Gasteiger partial charge in [-0.25, -0.2) is 4.79 Å². The van der Waals surface area contributed by atoms with Gasteiger partial charge in [-0.2, -0.15) is 0 Å². The van der Waals surface area contributed by atoms with Gasteiger partial charge in [-0.15, -0.1) is 0 Å². The number of carboxylic acids is 1. The van der Waals surface area contributed by atoms with Crippen LogP contribution in [0.25, 0.3) is 10.8 Å². The van der Waals surface area contributed by atoms with Crippen LogP contribution in [0, 0.1) is 6.92 Å². The minimum Gasteiger partial charge on any atom is -0.480 e. The van der Waals surface area contributed by atoms with Crippen molar-refractivity contribution in [3.63, 3.8) is 0 Å². The highest BCUT2D eigenvalue weighted by molar-refractivity contribution is 6.07. The topological polar surface area (TPSA) is 66.4 Å². The normalized spacial score (nSPS) is 11.9. The molecule has 25 heavy (non-hydrogen) atoms. The number of rotatable bonds is 5. The monoisotopic (exact) mass is 333 g/mol. The van der Waals surface area contributed by atoms with Crippen LogP contribution in [0.15, 0.2) is 66.7 Å². The van der Waals surface area contributed by atoms with E-state index in [2.05, 4.69) is 5.32 Å². The molecule has 0 aromatic heterocycles. The lowest BCUT2D eigenvalue weighted by Gasteiger charge is -2.16. The van der Waals surface area contributed by atoms with E-state index in [1.165, 1.54) is 0 Å². The fraction of sp³-hybridized carbons (Fsp3) is 0.143. The molecule has 0 heterocycles. The molecule has 0 aliphatic carbocycles. The van der Waals surface area contributed by atoms with E-state index in [1.54, 1.807) is 12.1 Å². The van der Waals surface area contributed by atoms with Crippen LogP contribution < -0.4 is 5.32 Å². The van der Waals surface area contributed by atoms with Gasteiger partial charge in [-0.3, -0.25) is 4.79 Å². The second-order valence-corrected chi connectivity index (χ2v) is 6.08. The summed E-state index contributed by atoms with van der Waals surface area (Å²) in [5, 5.41) is 13.9. The maximum atomic E-state index is 12.6. The van der Waals surface area contributed by atoms with E-state index in [1.807, 2.05) is 61.5 Å². The van der Waals surface area contributed by atoms with Gasteiger partial charge in [0, 0.05) is 12.0 Å². The number of aryl methyl sites for hydroxylation is 1. The predicted octanol–water partition coefficient (Wildman–Crippen LogP) is 3.57. The van der Waals surface area contributed by atoms with Gasteiger partial charge in [-0.05, 0) is 29.3 Å². The van der Waals surface area contributed by atoms with Crippen molar-refractivity contribution in [1.29, 1.82) is 0 Å². The molecule has 0 bridgehead atoms. The highest BCUT2D eigenvalue weighted by atomic mass is 16.4. The van der Waals surface area contributed by atoms with Crippen LogP contribution in [0.5, 0.6) is 0 Å². The van der Waals surface area contributed by atoms with Crippen molar-refractivity contribution < 1.29 is 14.7 Å². The van der Waals surface area contributed by atoms with Crippen molar-refractivity contribution in [3.8, 4) is 0 Å². The molecule has 0 unspecified atom stereocenters. The predicted molar refractivity (Wildman–Crippen MR) is 97.7 cm³/mol. The van der Waals surface area contributed by atoms with Crippen LogP contribution in [-0.4, -0.2) is 23.0 Å². The molecule has 4 heteroatoms. The summed E-state index contributed by atoms with van der Waals surface area (Å²) in [6.45, 7) is 1.97. The molecule has 0 fully saturated rings. The Morgan fingerprint density at radius 1 is 0.960 bits per heavy atom. The Balaban J connectivity index is 1.83. The summed E-state index contributed by atoms with van der Waals surface area (Å²) < 4.78 is 0. The molecule has 3 aromatic carbocycles. The molecule has 0 aliphatic rings. The zero-order chi connectivity index (χ0) is 17.8. The average Bonchev–Trinajstić information content (AvgIpc) is 2.62. The summed E-state index contributed by atoms with van der Waals surface area (Å²) in [7, 11) is 0. The first-order valence-electron chi connectivity index (χ1n) is 8.11. The molecule has 1 atom stereocenters. The SMILES string of the molecule is Cc1ccc(C[C@H](NC(=O)c2cccc3ccccc23)C(=O)O)cc1. The Hall–Kier alpha value is -3.14. The summed E-state index contributed by atoms with van der Waals surface area (Å²) >= 11 is 0. The van der Waals surface area contributed by atoms with Crippen LogP contribution in [0.3, 0.4) is 0 Å². The molecular formula is C21H19NO3. The Kier molecular flexibility index (Phi) is 4.80. The van der Waals surface area contributed by atoms with Crippen molar-refractivity contribution in [3.05, 3.63) is 83.4 Å². The lowest BCUT2D eigenvalue weighted by atomic mass is 10.0. The molecule has 0 saturated heterocycles. The Bertz CT molecular complexity index is 911. The van der Waals surface area contributed by atoms with Crippen molar-refractivity contribution in [2.45, 2.75) is 19.4 Å². The van der Waals surface area contributed by atoms with E-state index < -0.39 is 12.0 Å². The highest BCUT2D eigenvalue weighted by Gasteiger charge is 2.22. The lowest BCUT2D eigenvalue weighted by Crippen LogP contribution is -2.42. The Morgan fingerprint density at radius 3 is 2.36 bits per heavy atom. The summed E-state index contributed by atoms with van der Waals surface area (Å²) in [6.07, 6.45) is 0.242. The zero-order valence-corrected chi connectivity index (χ0v) is 13.9. The van der Waals surface area contributed by atoms with Crippen LogP contribution in [0.2, 0.25) is 0 Å². The van der Waals surface area contributed by atoms with Gasteiger partial charge < -0.3 is 10.4 Å². The van der Waals surface area contributed by atoms with Gasteiger partial charge >= 0.3 is 5.97 Å². The smallest absolute Gasteiger partial charge is 0.326 e. The van der Waals surface area contributed by atoms with Gasteiger partial charge in [0.1, 0.15) is 6.04 Å². The summed E-state index contributed by atoms with van der Waals surface area (Å²) in [6, 6.07) is 19.6. The molecule has 3 rings (SSSR count). The average molecular weight is 333 g/mol. The summed E-state index contributed by atoms with van der Waals surface area (Å²) in [5.41, 5.74) is 2.46. The number of carbonyl (C=O) groups excluding carboxylic acids is 1. The van der Waals surface area contributed by atoms with E-state index >= 15 is 0 Å².